The van der Waals surface area contributed by atoms with Crippen LogP contribution in [0.3, 0.4) is 0 Å². The summed E-state index contributed by atoms with van der Waals surface area (Å²) in [7, 11) is 0. The van der Waals surface area contributed by atoms with Crippen LogP contribution >= 0.6 is 0 Å². The van der Waals surface area contributed by atoms with Crippen LogP contribution in [0.4, 0.5) is 5.69 Å². The van der Waals surface area contributed by atoms with Gasteiger partial charge in [0.25, 0.3) is 0 Å². The summed E-state index contributed by atoms with van der Waals surface area (Å²) in [6.07, 6.45) is 15.2. The summed E-state index contributed by atoms with van der Waals surface area (Å²) in [5, 5.41) is 3.46. The highest BCUT2D eigenvalue weighted by molar-refractivity contribution is 5.55. The second-order valence-corrected chi connectivity index (χ2v) is 12.2. The molecule has 0 atom stereocenters. The highest BCUT2D eigenvalue weighted by Gasteiger charge is 2.14. The van der Waals surface area contributed by atoms with Gasteiger partial charge in [-0.3, -0.25) is 0 Å². The SMILES string of the molecule is CC.CCCCN(CC)c1cc(CC)ccc1C.CCc1ccccc1CCCCCCc1ccc(C2CCNCC2)cc1. The Hall–Kier alpha value is -2.58. The van der Waals surface area contributed by atoms with Gasteiger partial charge in [0, 0.05) is 18.8 Å². The van der Waals surface area contributed by atoms with Gasteiger partial charge in [-0.1, -0.05) is 115 Å². The first-order chi connectivity index (χ1) is 21.6. The monoisotopic (exact) mass is 599 g/mol. The molecule has 4 rings (SSSR count). The number of anilines is 1. The Balaban J connectivity index is 0.000000323. The molecule has 3 aromatic rings. The van der Waals surface area contributed by atoms with Gasteiger partial charge in [0.15, 0.2) is 0 Å². The van der Waals surface area contributed by atoms with Crippen LogP contribution in [0.1, 0.15) is 132 Å². The third-order valence-corrected chi connectivity index (χ3v) is 9.14. The molecule has 1 heterocycles. The first kappa shape index (κ1) is 37.6. The fourth-order valence-electron chi connectivity index (χ4n) is 6.27. The quantitative estimate of drug-likeness (QED) is 0.175. The zero-order valence-electron chi connectivity index (χ0n) is 29.7. The lowest BCUT2D eigenvalue weighted by Gasteiger charge is -2.25. The number of nitrogens with zero attached hydrogens (tertiary/aromatic N) is 1. The number of hydrogen-bond donors (Lipinski definition) is 1. The number of piperidine rings is 1. The average Bonchev–Trinajstić information content (AvgIpc) is 3.09. The molecule has 1 saturated heterocycles. The van der Waals surface area contributed by atoms with Crippen LogP contribution in [0, 0.1) is 6.92 Å². The summed E-state index contributed by atoms with van der Waals surface area (Å²) >= 11 is 0. The van der Waals surface area contributed by atoms with E-state index in [4.69, 9.17) is 0 Å². The first-order valence-electron chi connectivity index (χ1n) is 18.3. The van der Waals surface area contributed by atoms with Crippen LogP contribution in [-0.2, 0) is 25.7 Å². The fourth-order valence-corrected chi connectivity index (χ4v) is 6.27. The van der Waals surface area contributed by atoms with Crippen molar-refractivity contribution in [2.75, 3.05) is 31.1 Å². The molecule has 0 radical (unpaired) electrons. The smallest absolute Gasteiger partial charge is 0.0398 e. The summed E-state index contributed by atoms with van der Waals surface area (Å²) < 4.78 is 0. The Kier molecular flexibility index (Phi) is 19.5. The molecule has 0 aromatic heterocycles. The lowest BCUT2D eigenvalue weighted by atomic mass is 9.89. The Morgan fingerprint density at radius 3 is 1.93 bits per heavy atom. The van der Waals surface area contributed by atoms with Crippen molar-refractivity contribution in [2.24, 2.45) is 0 Å². The van der Waals surface area contributed by atoms with Gasteiger partial charge < -0.3 is 10.2 Å². The van der Waals surface area contributed by atoms with Crippen molar-refractivity contribution in [3.8, 4) is 0 Å². The maximum atomic E-state index is 3.46. The highest BCUT2D eigenvalue weighted by Crippen LogP contribution is 2.26. The minimum atomic E-state index is 0.774. The molecule has 0 amide bonds. The highest BCUT2D eigenvalue weighted by atomic mass is 15.1. The van der Waals surface area contributed by atoms with Crippen LogP contribution in [0.25, 0.3) is 0 Å². The largest absolute Gasteiger partial charge is 0.372 e. The van der Waals surface area contributed by atoms with Gasteiger partial charge in [-0.25, -0.2) is 0 Å². The molecule has 0 bridgehead atoms. The van der Waals surface area contributed by atoms with E-state index in [0.717, 1.165) is 25.3 Å². The van der Waals surface area contributed by atoms with Crippen LogP contribution < -0.4 is 10.2 Å². The van der Waals surface area contributed by atoms with E-state index in [9.17, 15) is 0 Å². The van der Waals surface area contributed by atoms with Gasteiger partial charge in [0.05, 0.1) is 0 Å². The number of nitrogens with one attached hydrogen (secondary N) is 1. The molecule has 44 heavy (non-hydrogen) atoms. The molecule has 0 aliphatic carbocycles. The van der Waals surface area contributed by atoms with Crippen molar-refractivity contribution in [2.45, 2.75) is 131 Å². The maximum Gasteiger partial charge on any atom is 0.0398 e. The predicted octanol–water partition coefficient (Wildman–Crippen LogP) is 11.3. The van der Waals surface area contributed by atoms with Crippen molar-refractivity contribution >= 4 is 5.69 Å². The van der Waals surface area contributed by atoms with Gasteiger partial charge in [0.2, 0.25) is 0 Å². The third kappa shape index (κ3) is 13.2. The lowest BCUT2D eigenvalue weighted by molar-refractivity contribution is 0.460. The van der Waals surface area contributed by atoms with Crippen molar-refractivity contribution in [1.29, 1.82) is 0 Å². The third-order valence-electron chi connectivity index (χ3n) is 9.14. The summed E-state index contributed by atoms with van der Waals surface area (Å²) in [6, 6.07) is 25.3. The fraction of sp³-hybridized carbons (Fsp3) is 0.571. The number of aryl methyl sites for hydroxylation is 5. The number of unbranched alkanes of at least 4 members (excludes halogenated alkanes) is 4. The standard InChI is InChI=1S/C25H35N.C15H25N.C2H6/c1-2-22-10-7-8-12-23(22)11-6-4-3-5-9-21-13-15-24(16-14-21)25-17-19-26-20-18-25;1-5-8-11-16(7-3)15-12-14(6-2)10-9-13(15)4;1-2/h7-8,10,12-16,25-26H,2-6,9,11,17-20H2,1H3;9-10,12H,5-8,11H2,1-4H3;1-2H3. The second-order valence-electron chi connectivity index (χ2n) is 12.2. The van der Waals surface area contributed by atoms with Gasteiger partial charge in [-0.05, 0) is 130 Å². The molecule has 2 nitrogen and oxygen atoms in total. The normalized spacial score (nSPS) is 13.0. The molecule has 1 aliphatic rings. The van der Waals surface area contributed by atoms with Crippen LogP contribution in [0.15, 0.2) is 66.7 Å². The lowest BCUT2D eigenvalue weighted by Crippen LogP contribution is -2.26. The van der Waals surface area contributed by atoms with Crippen LogP contribution in [0.5, 0.6) is 0 Å². The van der Waals surface area contributed by atoms with Gasteiger partial charge in [-0.2, -0.15) is 0 Å². The zero-order chi connectivity index (χ0) is 32.0. The minimum Gasteiger partial charge on any atom is -0.372 e. The van der Waals surface area contributed by atoms with Crippen molar-refractivity contribution < 1.29 is 0 Å². The molecular formula is C42H66N2. The second kappa shape index (κ2) is 22.9. The van der Waals surface area contributed by atoms with Gasteiger partial charge in [0.1, 0.15) is 0 Å². The number of rotatable bonds is 15. The van der Waals surface area contributed by atoms with E-state index in [-0.39, 0.29) is 0 Å². The molecular weight excluding hydrogens is 532 g/mol. The molecule has 2 heteroatoms. The topological polar surface area (TPSA) is 15.3 Å². The molecule has 3 aromatic carbocycles. The van der Waals surface area contributed by atoms with Crippen molar-refractivity contribution in [3.05, 3.63) is 100 Å². The first-order valence-corrected chi connectivity index (χ1v) is 18.3. The van der Waals surface area contributed by atoms with E-state index in [1.54, 1.807) is 11.1 Å². The van der Waals surface area contributed by atoms with E-state index < -0.39 is 0 Å². The van der Waals surface area contributed by atoms with Crippen LogP contribution in [-0.4, -0.2) is 26.2 Å². The summed E-state index contributed by atoms with van der Waals surface area (Å²) in [5.41, 5.74) is 10.4. The molecule has 1 aliphatic heterocycles. The Morgan fingerprint density at radius 1 is 0.682 bits per heavy atom. The van der Waals surface area contributed by atoms with E-state index >= 15 is 0 Å². The average molecular weight is 599 g/mol. The molecule has 0 saturated carbocycles. The molecule has 1 fully saturated rings. The van der Waals surface area contributed by atoms with Gasteiger partial charge >= 0.3 is 0 Å². The molecule has 0 spiro atoms. The van der Waals surface area contributed by atoms with Crippen molar-refractivity contribution in [1.82, 2.24) is 5.32 Å². The molecule has 0 unspecified atom stereocenters. The minimum absolute atomic E-state index is 0.774. The molecule has 244 valence electrons. The predicted molar refractivity (Wildman–Crippen MR) is 198 cm³/mol. The summed E-state index contributed by atoms with van der Waals surface area (Å²) in [4.78, 5) is 2.50. The number of benzene rings is 3. The number of hydrogen-bond acceptors (Lipinski definition) is 2. The summed E-state index contributed by atoms with van der Waals surface area (Å²) in [6.45, 7) is 19.8. The van der Waals surface area contributed by atoms with Crippen LogP contribution in [0.2, 0.25) is 0 Å². The molecule has 1 N–H and O–H groups in total. The van der Waals surface area contributed by atoms with Gasteiger partial charge in [-0.15, -0.1) is 0 Å². The van der Waals surface area contributed by atoms with E-state index in [1.165, 1.54) is 112 Å². The van der Waals surface area contributed by atoms with Crippen molar-refractivity contribution in [3.63, 3.8) is 0 Å². The Labute approximate surface area is 273 Å². The Bertz CT molecular complexity index is 1130. The van der Waals surface area contributed by atoms with E-state index in [2.05, 4.69) is 112 Å². The summed E-state index contributed by atoms with van der Waals surface area (Å²) in [5.74, 6) is 0.774. The van der Waals surface area contributed by atoms with E-state index in [1.807, 2.05) is 13.8 Å². The van der Waals surface area contributed by atoms with E-state index in [0.29, 0.717) is 0 Å². The maximum absolute atomic E-state index is 3.46. The zero-order valence-corrected chi connectivity index (χ0v) is 29.7. The Morgan fingerprint density at radius 2 is 1.32 bits per heavy atom.